The second-order valence-electron chi connectivity index (χ2n) is 3.76. The Hall–Kier alpha value is -2.36. The van der Waals surface area contributed by atoms with Crippen LogP contribution in [0.25, 0.3) is 0 Å². The highest BCUT2D eigenvalue weighted by molar-refractivity contribution is 6.04. The third-order valence-electron chi connectivity index (χ3n) is 2.60. The molecule has 92 valence electrons. The summed E-state index contributed by atoms with van der Waals surface area (Å²) in [6.45, 7) is 0. The second-order valence-corrected chi connectivity index (χ2v) is 3.76. The molecule has 0 unspecified atom stereocenters. The predicted octanol–water partition coefficient (Wildman–Crippen LogP) is 2.37. The number of hydrogen-bond donors (Lipinski definition) is 0. The van der Waals surface area contributed by atoms with E-state index >= 15 is 0 Å². The number of para-hydroxylation sites is 1. The van der Waals surface area contributed by atoms with Crippen molar-refractivity contribution in [2.24, 2.45) is 0 Å². The van der Waals surface area contributed by atoms with E-state index in [9.17, 15) is 4.79 Å². The zero-order valence-electron chi connectivity index (χ0n) is 10.3. The predicted molar refractivity (Wildman–Crippen MR) is 70.0 cm³/mol. The van der Waals surface area contributed by atoms with Crippen molar-refractivity contribution in [3.8, 4) is 5.88 Å². The third kappa shape index (κ3) is 2.48. The molecule has 0 aliphatic rings. The van der Waals surface area contributed by atoms with Gasteiger partial charge in [-0.05, 0) is 18.2 Å². The van der Waals surface area contributed by atoms with Gasteiger partial charge < -0.3 is 9.64 Å². The lowest BCUT2D eigenvalue weighted by Crippen LogP contribution is -2.27. The summed E-state index contributed by atoms with van der Waals surface area (Å²) in [6.07, 6.45) is 0. The third-order valence-corrected chi connectivity index (χ3v) is 2.60. The first kappa shape index (κ1) is 12.1. The van der Waals surface area contributed by atoms with Gasteiger partial charge in [0, 0.05) is 18.8 Å². The molecule has 2 rings (SSSR count). The molecule has 2 aromatic rings. The summed E-state index contributed by atoms with van der Waals surface area (Å²) in [4.78, 5) is 17.9. The van der Waals surface area contributed by atoms with Crippen molar-refractivity contribution in [2.45, 2.75) is 0 Å². The monoisotopic (exact) mass is 242 g/mol. The van der Waals surface area contributed by atoms with E-state index in [1.807, 2.05) is 30.3 Å². The summed E-state index contributed by atoms with van der Waals surface area (Å²) >= 11 is 0. The Labute approximate surface area is 106 Å². The maximum atomic E-state index is 12.2. The van der Waals surface area contributed by atoms with E-state index in [2.05, 4.69) is 4.98 Å². The van der Waals surface area contributed by atoms with Crippen molar-refractivity contribution in [1.29, 1.82) is 0 Å². The molecule has 0 aliphatic carbocycles. The van der Waals surface area contributed by atoms with E-state index in [1.54, 1.807) is 30.1 Å². The molecule has 4 nitrogen and oxygen atoms in total. The quantitative estimate of drug-likeness (QED) is 0.829. The van der Waals surface area contributed by atoms with E-state index < -0.39 is 0 Å². The van der Waals surface area contributed by atoms with Crippen molar-refractivity contribution < 1.29 is 9.53 Å². The number of methoxy groups -OCH3 is 1. The first-order valence-corrected chi connectivity index (χ1v) is 5.56. The van der Waals surface area contributed by atoms with Gasteiger partial charge >= 0.3 is 0 Å². The molecule has 0 saturated carbocycles. The molecule has 1 heterocycles. The van der Waals surface area contributed by atoms with Gasteiger partial charge in [0.2, 0.25) is 5.88 Å². The molecule has 18 heavy (non-hydrogen) atoms. The fourth-order valence-electron chi connectivity index (χ4n) is 1.59. The molecule has 0 radical (unpaired) electrons. The van der Waals surface area contributed by atoms with Crippen LogP contribution in [0.2, 0.25) is 0 Å². The zero-order chi connectivity index (χ0) is 13.0. The molecule has 1 aromatic carbocycles. The van der Waals surface area contributed by atoms with Gasteiger partial charge in [0.15, 0.2) is 0 Å². The van der Waals surface area contributed by atoms with Crippen LogP contribution in [0.3, 0.4) is 0 Å². The number of nitrogens with zero attached hydrogens (tertiary/aromatic N) is 2. The summed E-state index contributed by atoms with van der Waals surface area (Å²) in [5.74, 6) is 0.266. The van der Waals surface area contributed by atoms with Gasteiger partial charge in [0.1, 0.15) is 5.69 Å². The minimum atomic E-state index is -0.167. The molecular formula is C14H14N2O2. The molecule has 0 fully saturated rings. The normalized spacial score (nSPS) is 9.89. The van der Waals surface area contributed by atoms with Crippen LogP contribution in [-0.4, -0.2) is 25.0 Å². The highest BCUT2D eigenvalue weighted by Gasteiger charge is 2.14. The lowest BCUT2D eigenvalue weighted by atomic mass is 10.2. The average molecular weight is 242 g/mol. The number of amides is 1. The second kappa shape index (κ2) is 5.31. The fourth-order valence-corrected chi connectivity index (χ4v) is 1.59. The molecular weight excluding hydrogens is 228 g/mol. The van der Waals surface area contributed by atoms with Crippen molar-refractivity contribution in [3.05, 3.63) is 54.2 Å². The standard InChI is InChI=1S/C14H14N2O2/c1-16(11-7-4-3-5-8-11)14(17)12-9-6-10-13(15-12)18-2/h3-10H,1-2H3. The maximum absolute atomic E-state index is 12.2. The van der Waals surface area contributed by atoms with Gasteiger partial charge in [-0.1, -0.05) is 24.3 Å². The summed E-state index contributed by atoms with van der Waals surface area (Å²) < 4.78 is 5.01. The first-order valence-electron chi connectivity index (χ1n) is 5.56. The highest BCUT2D eigenvalue weighted by atomic mass is 16.5. The van der Waals surface area contributed by atoms with E-state index in [0.29, 0.717) is 11.6 Å². The number of hydrogen-bond acceptors (Lipinski definition) is 3. The van der Waals surface area contributed by atoms with Crippen LogP contribution in [0.1, 0.15) is 10.5 Å². The molecule has 4 heteroatoms. The number of rotatable bonds is 3. The number of anilines is 1. The van der Waals surface area contributed by atoms with E-state index in [4.69, 9.17) is 4.74 Å². The van der Waals surface area contributed by atoms with Crippen LogP contribution in [0.15, 0.2) is 48.5 Å². The van der Waals surface area contributed by atoms with Crippen LogP contribution in [0.4, 0.5) is 5.69 Å². The number of benzene rings is 1. The summed E-state index contributed by atoms with van der Waals surface area (Å²) in [7, 11) is 3.25. The molecule has 0 atom stereocenters. The van der Waals surface area contributed by atoms with Gasteiger partial charge in [-0.25, -0.2) is 4.98 Å². The number of carbonyl (C=O) groups is 1. The smallest absolute Gasteiger partial charge is 0.276 e. The van der Waals surface area contributed by atoms with E-state index in [-0.39, 0.29) is 5.91 Å². The Bertz CT molecular complexity index is 541. The highest BCUT2D eigenvalue weighted by Crippen LogP contribution is 2.15. The molecule has 0 saturated heterocycles. The molecule has 1 amide bonds. The molecule has 0 spiro atoms. The Kier molecular flexibility index (Phi) is 3.57. The van der Waals surface area contributed by atoms with Crippen LogP contribution in [-0.2, 0) is 0 Å². The fraction of sp³-hybridized carbons (Fsp3) is 0.143. The van der Waals surface area contributed by atoms with Crippen LogP contribution >= 0.6 is 0 Å². The molecule has 0 aliphatic heterocycles. The van der Waals surface area contributed by atoms with Crippen molar-refractivity contribution >= 4 is 11.6 Å². The number of carbonyl (C=O) groups excluding carboxylic acids is 1. The van der Waals surface area contributed by atoms with Gasteiger partial charge in [-0.15, -0.1) is 0 Å². The Morgan fingerprint density at radius 2 is 1.83 bits per heavy atom. The summed E-state index contributed by atoms with van der Waals surface area (Å²) in [5.41, 5.74) is 1.19. The van der Waals surface area contributed by atoms with Crippen LogP contribution in [0.5, 0.6) is 5.88 Å². The first-order chi connectivity index (χ1) is 8.72. The van der Waals surface area contributed by atoms with E-state index in [0.717, 1.165) is 5.69 Å². The molecule has 0 N–H and O–H groups in total. The van der Waals surface area contributed by atoms with Gasteiger partial charge in [0.05, 0.1) is 7.11 Å². The largest absolute Gasteiger partial charge is 0.481 e. The van der Waals surface area contributed by atoms with Crippen molar-refractivity contribution in [2.75, 3.05) is 19.1 Å². The lowest BCUT2D eigenvalue weighted by Gasteiger charge is -2.16. The summed E-state index contributed by atoms with van der Waals surface area (Å²) in [6, 6.07) is 14.6. The number of ether oxygens (including phenoxy) is 1. The maximum Gasteiger partial charge on any atom is 0.276 e. The molecule has 1 aromatic heterocycles. The van der Waals surface area contributed by atoms with Gasteiger partial charge in [-0.3, -0.25) is 4.79 Å². The Morgan fingerprint density at radius 3 is 2.50 bits per heavy atom. The minimum absolute atomic E-state index is 0.167. The van der Waals surface area contributed by atoms with Crippen LogP contribution in [0, 0.1) is 0 Å². The van der Waals surface area contributed by atoms with Gasteiger partial charge in [0.25, 0.3) is 5.91 Å². The Morgan fingerprint density at radius 1 is 1.11 bits per heavy atom. The number of aromatic nitrogens is 1. The lowest BCUT2D eigenvalue weighted by molar-refractivity contribution is 0.0987. The minimum Gasteiger partial charge on any atom is -0.481 e. The Balaban J connectivity index is 2.25. The van der Waals surface area contributed by atoms with Crippen molar-refractivity contribution in [1.82, 2.24) is 4.98 Å². The number of pyridine rings is 1. The SMILES string of the molecule is COc1cccc(C(=O)N(C)c2ccccc2)n1. The van der Waals surface area contributed by atoms with E-state index in [1.165, 1.54) is 7.11 Å². The summed E-state index contributed by atoms with van der Waals surface area (Å²) in [5, 5.41) is 0. The van der Waals surface area contributed by atoms with Gasteiger partial charge in [-0.2, -0.15) is 0 Å². The zero-order valence-corrected chi connectivity index (χ0v) is 10.3. The molecule has 0 bridgehead atoms. The van der Waals surface area contributed by atoms with Crippen molar-refractivity contribution in [3.63, 3.8) is 0 Å². The average Bonchev–Trinajstić information content (AvgIpc) is 2.46. The van der Waals surface area contributed by atoms with Crippen LogP contribution < -0.4 is 9.64 Å². The topological polar surface area (TPSA) is 42.4 Å².